The number of hydrogen-bond acceptors (Lipinski definition) is 3. The van der Waals surface area contributed by atoms with Gasteiger partial charge in [-0.25, -0.2) is 18.4 Å². The summed E-state index contributed by atoms with van der Waals surface area (Å²) in [6.45, 7) is 3.95. The van der Waals surface area contributed by atoms with E-state index in [1.165, 1.54) is 24.3 Å². The Morgan fingerprint density at radius 2 is 1.79 bits per heavy atom. The normalized spacial score (nSPS) is 11.2. The average molecular weight is 385 g/mol. The fourth-order valence-electron chi connectivity index (χ4n) is 2.91. The minimum atomic E-state index is -0.544. The summed E-state index contributed by atoms with van der Waals surface area (Å²) in [6, 6.07) is 9.71. The Morgan fingerprint density at radius 3 is 2.46 bits per heavy atom. The van der Waals surface area contributed by atoms with Crippen molar-refractivity contribution >= 4 is 16.8 Å². The second-order valence-corrected chi connectivity index (χ2v) is 7.09. The van der Waals surface area contributed by atoms with Crippen LogP contribution in [-0.2, 0) is 17.6 Å². The van der Waals surface area contributed by atoms with Gasteiger partial charge < -0.3 is 0 Å². The Labute approximate surface area is 161 Å². The van der Waals surface area contributed by atoms with Crippen molar-refractivity contribution in [2.45, 2.75) is 33.1 Å². The summed E-state index contributed by atoms with van der Waals surface area (Å²) in [4.78, 5) is 29.7. The maximum atomic E-state index is 13.6. The van der Waals surface area contributed by atoms with Gasteiger partial charge in [0.2, 0.25) is 5.91 Å². The molecule has 1 amide bonds. The molecule has 3 rings (SSSR count). The third-order valence-corrected chi connectivity index (χ3v) is 4.28. The number of aromatic nitrogens is 2. The van der Waals surface area contributed by atoms with E-state index in [1.54, 1.807) is 12.1 Å². The summed E-state index contributed by atoms with van der Waals surface area (Å²) >= 11 is 0. The van der Waals surface area contributed by atoms with Crippen LogP contribution in [0.1, 0.15) is 31.7 Å². The van der Waals surface area contributed by atoms with Crippen LogP contribution in [-0.4, -0.2) is 15.6 Å². The van der Waals surface area contributed by atoms with Gasteiger partial charge in [0.25, 0.3) is 5.56 Å². The topological polar surface area (TPSA) is 64.0 Å². The molecule has 0 spiro atoms. The summed E-state index contributed by atoms with van der Waals surface area (Å²) in [5.74, 6) is -0.653. The lowest BCUT2D eigenvalue weighted by Crippen LogP contribution is -2.37. The number of carbonyl (C=O) groups excluding carboxylic acids is 1. The van der Waals surface area contributed by atoms with Crippen LogP contribution in [0.2, 0.25) is 0 Å². The summed E-state index contributed by atoms with van der Waals surface area (Å²) < 4.78 is 27.6. The van der Waals surface area contributed by atoms with Gasteiger partial charge in [-0.1, -0.05) is 26.0 Å². The van der Waals surface area contributed by atoms with E-state index >= 15 is 0 Å². The first-order chi connectivity index (χ1) is 13.3. The standard InChI is InChI=1S/C21H21F2N3O2/c1-13(2)11-19-24-18-9-8-16(23)12-17(18)21(28)26(19)25-20(27)10-5-14-3-6-15(22)7-4-14/h3-4,6-9,12-13H,5,10-11H2,1-2H3,(H,25,27). The van der Waals surface area contributed by atoms with Crippen molar-refractivity contribution < 1.29 is 13.6 Å². The number of fused-ring (bicyclic) bond motifs is 1. The number of amides is 1. The molecule has 1 aromatic heterocycles. The Bertz CT molecular complexity index is 1060. The Morgan fingerprint density at radius 1 is 1.11 bits per heavy atom. The van der Waals surface area contributed by atoms with Crippen LogP contribution < -0.4 is 11.0 Å². The molecule has 0 aliphatic heterocycles. The number of halogens is 2. The third-order valence-electron chi connectivity index (χ3n) is 4.28. The molecule has 5 nitrogen and oxygen atoms in total. The number of aryl methyl sites for hydroxylation is 1. The molecule has 0 aliphatic rings. The lowest BCUT2D eigenvalue weighted by Gasteiger charge is -2.15. The monoisotopic (exact) mass is 385 g/mol. The molecule has 0 radical (unpaired) electrons. The maximum Gasteiger partial charge on any atom is 0.280 e. The van der Waals surface area contributed by atoms with Gasteiger partial charge >= 0.3 is 0 Å². The zero-order valence-electron chi connectivity index (χ0n) is 15.7. The number of benzene rings is 2. The number of nitrogens with zero attached hydrogens (tertiary/aromatic N) is 2. The van der Waals surface area contributed by atoms with Crippen LogP contribution >= 0.6 is 0 Å². The minimum Gasteiger partial charge on any atom is -0.273 e. The predicted octanol–water partition coefficient (Wildman–Crippen LogP) is 3.58. The first-order valence-corrected chi connectivity index (χ1v) is 9.09. The lowest BCUT2D eigenvalue weighted by atomic mass is 10.1. The number of rotatable bonds is 6. The van der Waals surface area contributed by atoms with Gasteiger partial charge in [0.05, 0.1) is 10.9 Å². The highest BCUT2D eigenvalue weighted by Crippen LogP contribution is 2.13. The molecule has 1 N–H and O–H groups in total. The summed E-state index contributed by atoms with van der Waals surface area (Å²) in [7, 11) is 0. The van der Waals surface area contributed by atoms with Crippen LogP contribution in [0.4, 0.5) is 8.78 Å². The zero-order chi connectivity index (χ0) is 20.3. The van der Waals surface area contributed by atoms with Crippen molar-refractivity contribution in [1.29, 1.82) is 0 Å². The van der Waals surface area contributed by atoms with Crippen LogP contribution in [0, 0.1) is 17.6 Å². The molecule has 7 heteroatoms. The molecule has 0 unspecified atom stereocenters. The van der Waals surface area contributed by atoms with Gasteiger partial charge in [0.1, 0.15) is 17.5 Å². The van der Waals surface area contributed by atoms with E-state index in [9.17, 15) is 18.4 Å². The van der Waals surface area contributed by atoms with Crippen molar-refractivity contribution in [1.82, 2.24) is 9.66 Å². The van der Waals surface area contributed by atoms with Crippen molar-refractivity contribution in [3.8, 4) is 0 Å². The summed E-state index contributed by atoms with van der Waals surface area (Å²) in [5.41, 5.74) is 3.26. The maximum absolute atomic E-state index is 13.6. The highest BCUT2D eigenvalue weighted by Gasteiger charge is 2.15. The van der Waals surface area contributed by atoms with Crippen LogP contribution in [0.5, 0.6) is 0 Å². The molecule has 0 saturated carbocycles. The SMILES string of the molecule is CC(C)Cc1nc2ccc(F)cc2c(=O)n1NC(=O)CCc1ccc(F)cc1. The smallest absolute Gasteiger partial charge is 0.273 e. The van der Waals surface area contributed by atoms with Crippen molar-refractivity contribution in [3.63, 3.8) is 0 Å². The molecule has 146 valence electrons. The summed E-state index contributed by atoms with van der Waals surface area (Å²) in [6.07, 6.45) is 0.983. The van der Waals surface area contributed by atoms with Crippen LogP contribution in [0.3, 0.4) is 0 Å². The predicted molar refractivity (Wildman–Crippen MR) is 104 cm³/mol. The first kappa shape index (κ1) is 19.7. The number of carbonyl (C=O) groups is 1. The Kier molecular flexibility index (Phi) is 5.82. The summed E-state index contributed by atoms with van der Waals surface area (Å²) in [5, 5.41) is 0.103. The average Bonchev–Trinajstić information content (AvgIpc) is 2.64. The van der Waals surface area contributed by atoms with Gasteiger partial charge in [0.15, 0.2) is 0 Å². The van der Waals surface area contributed by atoms with E-state index in [0.717, 1.165) is 16.3 Å². The molecule has 2 aromatic carbocycles. The molecular formula is C21H21F2N3O2. The van der Waals surface area contributed by atoms with E-state index in [0.29, 0.717) is 24.2 Å². The second kappa shape index (κ2) is 8.29. The van der Waals surface area contributed by atoms with Crippen molar-refractivity contribution in [2.24, 2.45) is 5.92 Å². The first-order valence-electron chi connectivity index (χ1n) is 9.09. The van der Waals surface area contributed by atoms with Crippen LogP contribution in [0.15, 0.2) is 47.3 Å². The van der Waals surface area contributed by atoms with Gasteiger partial charge in [-0.05, 0) is 48.2 Å². The molecular weight excluding hydrogens is 364 g/mol. The third kappa shape index (κ3) is 4.60. The van der Waals surface area contributed by atoms with E-state index in [1.807, 2.05) is 13.8 Å². The zero-order valence-corrected chi connectivity index (χ0v) is 15.7. The molecule has 0 aliphatic carbocycles. The highest BCUT2D eigenvalue weighted by atomic mass is 19.1. The molecule has 0 saturated heterocycles. The Hall–Kier alpha value is -3.09. The van der Waals surface area contributed by atoms with E-state index in [-0.39, 0.29) is 29.4 Å². The molecule has 0 fully saturated rings. The van der Waals surface area contributed by atoms with Gasteiger partial charge in [0, 0.05) is 12.8 Å². The van der Waals surface area contributed by atoms with E-state index in [2.05, 4.69) is 10.4 Å². The fraction of sp³-hybridized carbons (Fsp3) is 0.286. The Balaban J connectivity index is 1.87. The molecule has 0 bridgehead atoms. The van der Waals surface area contributed by atoms with Gasteiger partial charge in [-0.3, -0.25) is 15.0 Å². The van der Waals surface area contributed by atoms with Crippen LogP contribution in [0.25, 0.3) is 10.9 Å². The highest BCUT2D eigenvalue weighted by molar-refractivity contribution is 5.84. The minimum absolute atomic E-state index is 0.103. The number of nitrogens with one attached hydrogen (secondary N) is 1. The van der Waals surface area contributed by atoms with Gasteiger partial charge in [-0.15, -0.1) is 0 Å². The van der Waals surface area contributed by atoms with Crippen molar-refractivity contribution in [2.75, 3.05) is 5.43 Å². The van der Waals surface area contributed by atoms with Gasteiger partial charge in [-0.2, -0.15) is 0 Å². The molecule has 1 heterocycles. The quantitative estimate of drug-likeness (QED) is 0.706. The number of hydrogen-bond donors (Lipinski definition) is 1. The molecule has 3 aromatic rings. The molecule has 0 atom stereocenters. The van der Waals surface area contributed by atoms with Crippen molar-refractivity contribution in [3.05, 3.63) is 75.8 Å². The lowest BCUT2D eigenvalue weighted by molar-refractivity contribution is -0.117. The van der Waals surface area contributed by atoms with E-state index < -0.39 is 11.4 Å². The fourth-order valence-corrected chi connectivity index (χ4v) is 2.91. The van der Waals surface area contributed by atoms with E-state index in [4.69, 9.17) is 0 Å². The second-order valence-electron chi connectivity index (χ2n) is 7.09. The molecule has 28 heavy (non-hydrogen) atoms. The largest absolute Gasteiger partial charge is 0.280 e.